The minimum absolute atomic E-state index is 0.567. The molecule has 19 heavy (non-hydrogen) atoms. The van der Waals surface area contributed by atoms with Gasteiger partial charge in [-0.05, 0) is 49.9 Å². The number of aromatic nitrogens is 2. The van der Waals surface area contributed by atoms with Crippen LogP contribution in [-0.2, 0) is 0 Å². The summed E-state index contributed by atoms with van der Waals surface area (Å²) in [6.45, 7) is 8.28. The van der Waals surface area contributed by atoms with Crippen molar-refractivity contribution in [3.8, 4) is 0 Å². The molecule has 0 unspecified atom stereocenters. The number of nitrogens with zero attached hydrogens (tertiary/aromatic N) is 2. The van der Waals surface area contributed by atoms with Crippen LogP contribution in [0.25, 0.3) is 21.8 Å². The van der Waals surface area contributed by atoms with E-state index in [2.05, 4.69) is 42.9 Å². The van der Waals surface area contributed by atoms with Crippen molar-refractivity contribution in [1.29, 1.82) is 0 Å². The van der Waals surface area contributed by atoms with Gasteiger partial charge in [0.1, 0.15) is 5.15 Å². The standard InChI is InChI=1S/C16H15ClN2/c1-8-7-18-14-12(9(8)2)5-6-13-10(3)11(4)16(17)19-15(13)14/h5-7H,1-4H3. The first-order valence-corrected chi connectivity index (χ1v) is 6.70. The average molecular weight is 271 g/mol. The maximum absolute atomic E-state index is 6.23. The molecule has 3 rings (SSSR count). The van der Waals surface area contributed by atoms with E-state index in [4.69, 9.17) is 11.6 Å². The van der Waals surface area contributed by atoms with Crippen LogP contribution in [0.1, 0.15) is 22.3 Å². The number of rotatable bonds is 0. The first-order chi connectivity index (χ1) is 9.00. The summed E-state index contributed by atoms with van der Waals surface area (Å²) in [7, 11) is 0. The summed E-state index contributed by atoms with van der Waals surface area (Å²) in [4.78, 5) is 9.10. The highest BCUT2D eigenvalue weighted by Crippen LogP contribution is 2.31. The van der Waals surface area contributed by atoms with Gasteiger partial charge in [0.2, 0.25) is 0 Å². The van der Waals surface area contributed by atoms with Crippen LogP contribution in [0.15, 0.2) is 18.3 Å². The van der Waals surface area contributed by atoms with Crippen LogP contribution in [0.4, 0.5) is 0 Å². The fourth-order valence-corrected chi connectivity index (χ4v) is 2.66. The SMILES string of the molecule is Cc1cnc2c(ccc3c(C)c(C)c(Cl)nc32)c1C. The highest BCUT2D eigenvalue weighted by atomic mass is 35.5. The Hall–Kier alpha value is -1.67. The fraction of sp³-hybridized carbons (Fsp3) is 0.250. The molecular weight excluding hydrogens is 256 g/mol. The van der Waals surface area contributed by atoms with Crippen molar-refractivity contribution in [2.45, 2.75) is 27.7 Å². The zero-order valence-electron chi connectivity index (χ0n) is 11.5. The molecular formula is C16H15ClN2. The van der Waals surface area contributed by atoms with Crippen molar-refractivity contribution in [3.63, 3.8) is 0 Å². The second-order valence-electron chi connectivity index (χ2n) is 5.08. The quantitative estimate of drug-likeness (QED) is 0.438. The summed E-state index contributed by atoms with van der Waals surface area (Å²) in [5.74, 6) is 0. The van der Waals surface area contributed by atoms with Crippen LogP contribution in [0.2, 0.25) is 5.15 Å². The molecule has 0 bridgehead atoms. The predicted octanol–water partition coefficient (Wildman–Crippen LogP) is 4.67. The van der Waals surface area contributed by atoms with Crippen LogP contribution in [-0.4, -0.2) is 9.97 Å². The summed E-state index contributed by atoms with van der Waals surface area (Å²) in [5, 5.41) is 2.85. The van der Waals surface area contributed by atoms with Crippen LogP contribution in [0.3, 0.4) is 0 Å². The number of hydrogen-bond donors (Lipinski definition) is 0. The largest absolute Gasteiger partial charge is 0.254 e. The monoisotopic (exact) mass is 270 g/mol. The molecule has 96 valence electrons. The second kappa shape index (κ2) is 4.17. The molecule has 0 atom stereocenters. The van der Waals surface area contributed by atoms with Gasteiger partial charge in [0.15, 0.2) is 0 Å². The minimum Gasteiger partial charge on any atom is -0.254 e. The van der Waals surface area contributed by atoms with Gasteiger partial charge in [-0.3, -0.25) is 4.98 Å². The van der Waals surface area contributed by atoms with Crippen molar-refractivity contribution in [2.75, 3.05) is 0 Å². The third-order valence-electron chi connectivity index (χ3n) is 4.02. The van der Waals surface area contributed by atoms with E-state index < -0.39 is 0 Å². The zero-order chi connectivity index (χ0) is 13.7. The molecule has 0 amide bonds. The Balaban J connectivity index is 2.58. The molecule has 2 aromatic heterocycles. The Morgan fingerprint density at radius 3 is 2.16 bits per heavy atom. The maximum atomic E-state index is 6.23. The molecule has 0 aliphatic heterocycles. The van der Waals surface area contributed by atoms with Crippen molar-refractivity contribution >= 4 is 33.4 Å². The molecule has 0 spiro atoms. The lowest BCUT2D eigenvalue weighted by Crippen LogP contribution is -1.94. The van der Waals surface area contributed by atoms with Gasteiger partial charge in [0, 0.05) is 17.0 Å². The van der Waals surface area contributed by atoms with Gasteiger partial charge in [-0.1, -0.05) is 23.7 Å². The van der Waals surface area contributed by atoms with E-state index in [0.717, 1.165) is 27.4 Å². The molecule has 2 nitrogen and oxygen atoms in total. The summed E-state index contributed by atoms with van der Waals surface area (Å²) < 4.78 is 0. The smallest absolute Gasteiger partial charge is 0.133 e. The molecule has 0 aliphatic carbocycles. The molecule has 0 fully saturated rings. The molecule has 1 aromatic carbocycles. The Kier molecular flexibility index (Phi) is 2.72. The van der Waals surface area contributed by atoms with E-state index in [1.54, 1.807) is 0 Å². The van der Waals surface area contributed by atoms with Crippen molar-refractivity contribution in [3.05, 3.63) is 45.7 Å². The molecule has 0 radical (unpaired) electrons. The Morgan fingerprint density at radius 2 is 1.47 bits per heavy atom. The van der Waals surface area contributed by atoms with Crippen LogP contribution in [0, 0.1) is 27.7 Å². The van der Waals surface area contributed by atoms with Gasteiger partial charge in [-0.2, -0.15) is 0 Å². The second-order valence-corrected chi connectivity index (χ2v) is 5.43. The normalized spacial score (nSPS) is 11.4. The van der Waals surface area contributed by atoms with Gasteiger partial charge in [-0.25, -0.2) is 4.98 Å². The number of benzene rings is 1. The van der Waals surface area contributed by atoms with Gasteiger partial charge >= 0.3 is 0 Å². The fourth-order valence-electron chi connectivity index (χ4n) is 2.44. The summed E-state index contributed by atoms with van der Waals surface area (Å²) in [5.41, 5.74) is 6.50. The predicted molar refractivity (Wildman–Crippen MR) is 81.0 cm³/mol. The number of hydrogen-bond acceptors (Lipinski definition) is 2. The Bertz CT molecular complexity index is 822. The first-order valence-electron chi connectivity index (χ1n) is 6.32. The van der Waals surface area contributed by atoms with Crippen molar-refractivity contribution in [1.82, 2.24) is 9.97 Å². The van der Waals surface area contributed by atoms with E-state index in [0.29, 0.717) is 5.15 Å². The van der Waals surface area contributed by atoms with Crippen LogP contribution >= 0.6 is 11.6 Å². The highest BCUT2D eigenvalue weighted by molar-refractivity contribution is 6.31. The van der Waals surface area contributed by atoms with Crippen molar-refractivity contribution < 1.29 is 0 Å². The van der Waals surface area contributed by atoms with E-state index in [1.807, 2.05) is 13.1 Å². The molecule has 3 aromatic rings. The van der Waals surface area contributed by atoms with Crippen molar-refractivity contribution in [2.24, 2.45) is 0 Å². The summed E-state index contributed by atoms with van der Waals surface area (Å²) in [6, 6.07) is 4.26. The van der Waals surface area contributed by atoms with E-state index >= 15 is 0 Å². The average Bonchev–Trinajstić information content (AvgIpc) is 2.40. The van der Waals surface area contributed by atoms with Gasteiger partial charge in [0.05, 0.1) is 11.0 Å². The lowest BCUT2D eigenvalue weighted by atomic mass is 10.0. The zero-order valence-corrected chi connectivity index (χ0v) is 12.3. The van der Waals surface area contributed by atoms with E-state index in [1.165, 1.54) is 16.7 Å². The van der Waals surface area contributed by atoms with Gasteiger partial charge in [0.25, 0.3) is 0 Å². The summed E-state index contributed by atoms with van der Waals surface area (Å²) in [6.07, 6.45) is 1.90. The molecule has 0 N–H and O–H groups in total. The molecule has 3 heteroatoms. The van der Waals surface area contributed by atoms with E-state index in [9.17, 15) is 0 Å². The third-order valence-corrected chi connectivity index (χ3v) is 4.39. The lowest BCUT2D eigenvalue weighted by Gasteiger charge is -2.11. The minimum atomic E-state index is 0.567. The summed E-state index contributed by atoms with van der Waals surface area (Å²) >= 11 is 6.23. The maximum Gasteiger partial charge on any atom is 0.133 e. The number of aryl methyl sites for hydroxylation is 3. The highest BCUT2D eigenvalue weighted by Gasteiger charge is 2.12. The molecule has 0 saturated carbocycles. The number of fused-ring (bicyclic) bond motifs is 3. The molecule has 0 aliphatic rings. The number of halogens is 1. The topological polar surface area (TPSA) is 25.8 Å². The molecule has 2 heterocycles. The lowest BCUT2D eigenvalue weighted by molar-refractivity contribution is 1.25. The Morgan fingerprint density at radius 1 is 0.842 bits per heavy atom. The third kappa shape index (κ3) is 1.71. The first kappa shape index (κ1) is 12.4. The molecule has 0 saturated heterocycles. The number of pyridine rings is 2. The van der Waals surface area contributed by atoms with Crippen LogP contribution in [0.5, 0.6) is 0 Å². The van der Waals surface area contributed by atoms with E-state index in [-0.39, 0.29) is 0 Å². The van der Waals surface area contributed by atoms with Gasteiger partial charge < -0.3 is 0 Å². The van der Waals surface area contributed by atoms with Crippen LogP contribution < -0.4 is 0 Å². The Labute approximate surface area is 117 Å². The van der Waals surface area contributed by atoms with Gasteiger partial charge in [-0.15, -0.1) is 0 Å².